The first-order valence-corrected chi connectivity index (χ1v) is 12.7. The van der Waals surface area contributed by atoms with Gasteiger partial charge in [-0.25, -0.2) is 4.98 Å². The molecule has 1 saturated carbocycles. The number of aliphatic hydroxyl groups is 2. The Morgan fingerprint density at radius 3 is 2.46 bits per heavy atom. The first-order valence-electron chi connectivity index (χ1n) is 11.8. The molecule has 2 aliphatic rings. The maximum Gasteiger partial charge on any atom is 0.178 e. The predicted octanol–water partition coefficient (Wildman–Crippen LogP) is 4.15. The minimum Gasteiger partial charge on any atom is -0.495 e. The molecule has 2 N–H and O–H groups in total. The first-order chi connectivity index (χ1) is 18.0. The van der Waals surface area contributed by atoms with Gasteiger partial charge in [0.15, 0.2) is 11.2 Å². The van der Waals surface area contributed by atoms with Gasteiger partial charge in [-0.05, 0) is 35.4 Å². The fraction of sp³-hybridized carbons (Fsp3) is 0.207. The van der Waals surface area contributed by atoms with E-state index >= 15 is 0 Å². The van der Waals surface area contributed by atoms with Crippen LogP contribution in [0.15, 0.2) is 96.4 Å². The molecule has 8 heteroatoms. The zero-order valence-electron chi connectivity index (χ0n) is 19.9. The van der Waals surface area contributed by atoms with Gasteiger partial charge in [0.05, 0.1) is 47.0 Å². The van der Waals surface area contributed by atoms with Gasteiger partial charge >= 0.3 is 0 Å². The summed E-state index contributed by atoms with van der Waals surface area (Å²) in [6.07, 6.45) is 3.47. The van der Waals surface area contributed by atoms with Crippen LogP contribution in [0, 0.1) is 11.3 Å². The van der Waals surface area contributed by atoms with Crippen molar-refractivity contribution in [3.63, 3.8) is 0 Å². The van der Waals surface area contributed by atoms with Gasteiger partial charge in [-0.3, -0.25) is 4.98 Å². The lowest BCUT2D eigenvalue weighted by atomic mass is 9.71. The van der Waals surface area contributed by atoms with Crippen LogP contribution in [-0.2, 0) is 11.2 Å². The Balaban J connectivity index is 1.66. The Kier molecular flexibility index (Phi) is 5.64. The van der Waals surface area contributed by atoms with Crippen molar-refractivity contribution < 1.29 is 19.7 Å². The summed E-state index contributed by atoms with van der Waals surface area (Å²) in [5, 5.41) is 34.5. The van der Waals surface area contributed by atoms with Gasteiger partial charge in [0.2, 0.25) is 0 Å². The lowest BCUT2D eigenvalue weighted by Gasteiger charge is -2.40. The van der Waals surface area contributed by atoms with Crippen molar-refractivity contribution in [2.45, 2.75) is 33.5 Å². The number of thioether (sulfide) groups is 1. The molecule has 0 bridgehead atoms. The van der Waals surface area contributed by atoms with Crippen LogP contribution >= 0.6 is 11.8 Å². The number of pyridine rings is 2. The molecule has 1 aliphatic carbocycles. The number of fused-ring (bicyclic) bond motifs is 3. The number of aromatic nitrogens is 2. The molecule has 0 saturated heterocycles. The molecule has 184 valence electrons. The van der Waals surface area contributed by atoms with E-state index in [2.05, 4.69) is 16.0 Å². The van der Waals surface area contributed by atoms with Crippen molar-refractivity contribution in [2.24, 2.45) is 0 Å². The number of rotatable bonds is 5. The maximum atomic E-state index is 12.8. The van der Waals surface area contributed by atoms with Crippen molar-refractivity contribution in [3.8, 4) is 17.6 Å². The largest absolute Gasteiger partial charge is 0.495 e. The van der Waals surface area contributed by atoms with E-state index in [4.69, 9.17) is 9.47 Å². The van der Waals surface area contributed by atoms with Crippen molar-refractivity contribution in [2.75, 3.05) is 7.11 Å². The van der Waals surface area contributed by atoms with Crippen molar-refractivity contribution in [1.82, 2.24) is 9.97 Å². The van der Waals surface area contributed by atoms with Crippen LogP contribution < -0.4 is 9.47 Å². The van der Waals surface area contributed by atoms with Crippen LogP contribution in [0.2, 0.25) is 0 Å². The van der Waals surface area contributed by atoms with Gasteiger partial charge in [-0.2, -0.15) is 5.26 Å². The Morgan fingerprint density at radius 2 is 1.78 bits per heavy atom. The summed E-state index contributed by atoms with van der Waals surface area (Å²) < 4.78 is 12.4. The predicted molar refractivity (Wildman–Crippen MR) is 137 cm³/mol. The third kappa shape index (κ3) is 3.28. The topological polar surface area (TPSA) is 108 Å². The summed E-state index contributed by atoms with van der Waals surface area (Å²) in [6.45, 7) is 0. The lowest BCUT2D eigenvalue weighted by Crippen LogP contribution is -2.52. The zero-order valence-corrected chi connectivity index (χ0v) is 20.7. The number of hydrogen-bond acceptors (Lipinski definition) is 8. The maximum absolute atomic E-state index is 12.8. The van der Waals surface area contributed by atoms with E-state index in [1.165, 1.54) is 31.3 Å². The number of nitrogens with zero attached hydrogens (tertiary/aromatic N) is 3. The molecular weight excluding hydrogens is 486 g/mol. The van der Waals surface area contributed by atoms with Gasteiger partial charge in [0.25, 0.3) is 0 Å². The summed E-state index contributed by atoms with van der Waals surface area (Å²) in [5.41, 5.74) is -1.01. The smallest absolute Gasteiger partial charge is 0.178 e. The second kappa shape index (κ2) is 8.89. The van der Waals surface area contributed by atoms with Gasteiger partial charge < -0.3 is 19.7 Å². The van der Waals surface area contributed by atoms with E-state index in [1.54, 1.807) is 30.5 Å². The van der Waals surface area contributed by atoms with Crippen LogP contribution in [0.1, 0.15) is 28.2 Å². The molecule has 7 nitrogen and oxygen atoms in total. The molecule has 0 radical (unpaired) electrons. The molecule has 37 heavy (non-hydrogen) atoms. The summed E-state index contributed by atoms with van der Waals surface area (Å²) >= 11 is 1.40. The average molecular weight is 510 g/mol. The van der Waals surface area contributed by atoms with E-state index in [-0.39, 0.29) is 0 Å². The third-order valence-corrected chi connectivity index (χ3v) is 8.60. The van der Waals surface area contributed by atoms with E-state index in [0.29, 0.717) is 33.2 Å². The van der Waals surface area contributed by atoms with Gasteiger partial charge in [0.1, 0.15) is 17.6 Å². The minimum absolute atomic E-state index is 0.324. The number of benzene rings is 2. The van der Waals surface area contributed by atoms with Gasteiger partial charge in [0, 0.05) is 12.1 Å². The van der Waals surface area contributed by atoms with Crippen LogP contribution in [0.3, 0.4) is 0 Å². The van der Waals surface area contributed by atoms with Gasteiger partial charge in [-0.1, -0.05) is 60.3 Å². The molecule has 5 atom stereocenters. The molecular formula is C29H23N3O4S. The summed E-state index contributed by atoms with van der Waals surface area (Å²) in [6, 6.07) is 24.4. The second-order valence-corrected chi connectivity index (χ2v) is 10.3. The normalized spacial score (nSPS) is 27.6. The van der Waals surface area contributed by atoms with Crippen molar-refractivity contribution >= 4 is 11.8 Å². The summed E-state index contributed by atoms with van der Waals surface area (Å²) in [5.74, 6) is 0.142. The van der Waals surface area contributed by atoms with Crippen molar-refractivity contribution in [1.29, 1.82) is 5.26 Å². The highest BCUT2D eigenvalue weighted by molar-refractivity contribution is 8.00. The second-order valence-electron chi connectivity index (χ2n) is 9.09. The molecule has 0 amide bonds. The Hall–Kier alpha value is -3.90. The van der Waals surface area contributed by atoms with E-state index in [1.807, 2.05) is 48.5 Å². The molecule has 3 heterocycles. The minimum atomic E-state index is -1.91. The quantitative estimate of drug-likeness (QED) is 0.413. The number of nitriles is 1. The Bertz CT molecular complexity index is 1480. The average Bonchev–Trinajstić information content (AvgIpc) is 3.32. The zero-order chi connectivity index (χ0) is 25.6. The molecule has 1 aliphatic heterocycles. The highest BCUT2D eigenvalue weighted by Crippen LogP contribution is 2.70. The SMILES string of the molecule is COc1cncc2c1[C@]1(O)[C@H](O)[C@H](Sc3ccccn3)[C@@H](c3ccccc3)[C@]1(c1ccc(C#N)cc1)O2. The molecule has 4 aromatic rings. The number of ether oxygens (including phenoxy) is 2. The number of methoxy groups -OCH3 is 1. The third-order valence-electron chi connectivity index (χ3n) is 7.32. The fourth-order valence-electron chi connectivity index (χ4n) is 5.81. The number of aliphatic hydroxyl groups excluding tert-OH is 1. The first kappa shape index (κ1) is 23.5. The van der Waals surface area contributed by atoms with Crippen LogP contribution in [0.5, 0.6) is 11.5 Å². The summed E-state index contributed by atoms with van der Waals surface area (Å²) in [7, 11) is 1.50. The highest BCUT2D eigenvalue weighted by atomic mass is 32.2. The van der Waals surface area contributed by atoms with Crippen LogP contribution in [0.25, 0.3) is 0 Å². The van der Waals surface area contributed by atoms with Gasteiger partial charge in [-0.15, -0.1) is 0 Å². The molecule has 6 rings (SSSR count). The molecule has 2 aromatic heterocycles. The van der Waals surface area contributed by atoms with E-state index < -0.39 is 28.5 Å². The molecule has 2 aromatic carbocycles. The Labute approximate surface area is 218 Å². The van der Waals surface area contributed by atoms with E-state index in [0.717, 1.165) is 5.56 Å². The fourth-order valence-corrected chi connectivity index (χ4v) is 7.18. The van der Waals surface area contributed by atoms with Crippen LogP contribution in [-0.4, -0.2) is 38.6 Å². The monoisotopic (exact) mass is 509 g/mol. The number of hydrogen-bond donors (Lipinski definition) is 2. The van der Waals surface area contributed by atoms with E-state index in [9.17, 15) is 15.5 Å². The lowest BCUT2D eigenvalue weighted by molar-refractivity contribution is -0.149. The molecule has 0 spiro atoms. The highest BCUT2D eigenvalue weighted by Gasteiger charge is 2.77. The Morgan fingerprint density at radius 1 is 1.03 bits per heavy atom. The van der Waals surface area contributed by atoms with Crippen molar-refractivity contribution in [3.05, 3.63) is 114 Å². The molecule has 1 fully saturated rings. The molecule has 0 unspecified atom stereocenters. The van der Waals surface area contributed by atoms with Crippen LogP contribution in [0.4, 0.5) is 0 Å². The standard InChI is InChI=1S/C29H23N3O4S/c1-35-21-16-31-17-22-25(21)28(34)27(33)26(37-23-9-5-6-14-32-23)24(19-7-3-2-4-8-19)29(28,36-22)20-12-10-18(15-30)11-13-20/h2-14,16-17,24,26-27,33-34H,1H3/t24-,26-,27-,28+,29+/m1/s1. The summed E-state index contributed by atoms with van der Waals surface area (Å²) in [4.78, 5) is 8.72.